The van der Waals surface area contributed by atoms with Crippen LogP contribution in [0.2, 0.25) is 0 Å². The predicted molar refractivity (Wildman–Crippen MR) is 81.6 cm³/mol. The number of aromatic nitrogens is 2. The van der Waals surface area contributed by atoms with Crippen molar-refractivity contribution in [2.75, 3.05) is 13.2 Å². The Balaban J connectivity index is 1.57. The summed E-state index contributed by atoms with van der Waals surface area (Å²) in [5, 5.41) is 5.62. The molecule has 7 nitrogen and oxygen atoms in total. The van der Waals surface area contributed by atoms with E-state index in [1.165, 1.54) is 23.6 Å². The Morgan fingerprint density at radius 3 is 2.74 bits per heavy atom. The van der Waals surface area contributed by atoms with Crippen molar-refractivity contribution in [3.05, 3.63) is 60.2 Å². The Labute approximate surface area is 132 Å². The Morgan fingerprint density at radius 2 is 2.00 bits per heavy atom. The summed E-state index contributed by atoms with van der Waals surface area (Å²) in [5.74, 6) is -1.05. The highest BCUT2D eigenvalue weighted by Crippen LogP contribution is 2.13. The molecule has 1 aliphatic heterocycles. The van der Waals surface area contributed by atoms with Crippen LogP contribution in [-0.4, -0.2) is 45.7 Å². The van der Waals surface area contributed by atoms with E-state index in [9.17, 15) is 9.59 Å². The highest BCUT2D eigenvalue weighted by Gasteiger charge is 2.22. The quantitative estimate of drug-likeness (QED) is 0.794. The van der Waals surface area contributed by atoms with Crippen LogP contribution in [0.4, 0.5) is 0 Å². The van der Waals surface area contributed by atoms with Gasteiger partial charge >= 0.3 is 5.97 Å². The van der Waals surface area contributed by atoms with Gasteiger partial charge in [-0.25, -0.2) is 14.8 Å². The first-order valence-electron chi connectivity index (χ1n) is 7.10. The molecule has 23 heavy (non-hydrogen) atoms. The molecule has 1 aromatic carbocycles. The monoisotopic (exact) mass is 310 g/mol. The van der Waals surface area contributed by atoms with Gasteiger partial charge in [0.05, 0.1) is 18.5 Å². The van der Waals surface area contributed by atoms with E-state index in [0.29, 0.717) is 13.0 Å². The third-order valence-electron chi connectivity index (χ3n) is 3.30. The van der Waals surface area contributed by atoms with Gasteiger partial charge in [-0.05, 0) is 5.56 Å². The lowest BCUT2D eigenvalue weighted by Gasteiger charge is -2.11. The van der Waals surface area contributed by atoms with E-state index in [0.717, 1.165) is 11.3 Å². The Morgan fingerprint density at radius 1 is 1.17 bits per heavy atom. The molecular formula is C16H14N4O3. The molecule has 0 bridgehead atoms. The minimum Gasteiger partial charge on any atom is -0.451 e. The second-order valence-corrected chi connectivity index (χ2v) is 4.85. The summed E-state index contributed by atoms with van der Waals surface area (Å²) in [6.45, 7) is 0.104. The molecule has 0 aliphatic carbocycles. The van der Waals surface area contributed by atoms with Crippen LogP contribution in [0.15, 0.2) is 54.0 Å². The molecule has 3 rings (SSSR count). The number of hydrogen-bond acceptors (Lipinski definition) is 6. The van der Waals surface area contributed by atoms with Gasteiger partial charge in [-0.15, -0.1) is 0 Å². The zero-order valence-electron chi connectivity index (χ0n) is 12.3. The van der Waals surface area contributed by atoms with Crippen molar-refractivity contribution in [1.29, 1.82) is 0 Å². The summed E-state index contributed by atoms with van der Waals surface area (Å²) in [5.41, 5.74) is 1.90. The van der Waals surface area contributed by atoms with Crippen LogP contribution in [0, 0.1) is 0 Å². The molecule has 1 aromatic heterocycles. The number of rotatable bonds is 4. The first kappa shape index (κ1) is 14.8. The van der Waals surface area contributed by atoms with E-state index in [1.54, 1.807) is 0 Å². The van der Waals surface area contributed by atoms with Crippen molar-refractivity contribution < 1.29 is 14.3 Å². The zero-order valence-corrected chi connectivity index (χ0v) is 12.3. The minimum absolute atomic E-state index is 0.0650. The second-order valence-electron chi connectivity index (χ2n) is 4.85. The van der Waals surface area contributed by atoms with Gasteiger partial charge in [0, 0.05) is 18.8 Å². The van der Waals surface area contributed by atoms with Gasteiger partial charge in [-0.1, -0.05) is 30.3 Å². The van der Waals surface area contributed by atoms with Crippen LogP contribution in [0.3, 0.4) is 0 Å². The summed E-state index contributed by atoms with van der Waals surface area (Å²) >= 11 is 0. The average molecular weight is 310 g/mol. The third kappa shape index (κ3) is 3.57. The van der Waals surface area contributed by atoms with Crippen LogP contribution >= 0.6 is 0 Å². The molecule has 7 heteroatoms. The van der Waals surface area contributed by atoms with E-state index in [1.807, 2.05) is 30.3 Å². The van der Waals surface area contributed by atoms with Gasteiger partial charge in [0.1, 0.15) is 0 Å². The maximum atomic E-state index is 12.1. The van der Waals surface area contributed by atoms with E-state index in [-0.39, 0.29) is 18.2 Å². The fraction of sp³-hybridized carbons (Fsp3) is 0.188. The molecule has 0 N–H and O–H groups in total. The first-order valence-corrected chi connectivity index (χ1v) is 7.10. The predicted octanol–water partition coefficient (Wildman–Crippen LogP) is 1.27. The molecule has 0 unspecified atom stereocenters. The normalized spacial score (nSPS) is 13.6. The molecule has 1 aliphatic rings. The smallest absolute Gasteiger partial charge is 0.359 e. The van der Waals surface area contributed by atoms with Gasteiger partial charge in [-0.3, -0.25) is 9.78 Å². The number of benzene rings is 1. The molecule has 2 heterocycles. The molecule has 0 saturated carbocycles. The summed E-state index contributed by atoms with van der Waals surface area (Å²) in [6, 6.07) is 9.66. The van der Waals surface area contributed by atoms with Crippen molar-refractivity contribution >= 4 is 17.6 Å². The third-order valence-corrected chi connectivity index (χ3v) is 3.30. The highest BCUT2D eigenvalue weighted by molar-refractivity contribution is 6.02. The van der Waals surface area contributed by atoms with Gasteiger partial charge in [-0.2, -0.15) is 5.10 Å². The number of ether oxygens (including phenoxy) is 1. The van der Waals surface area contributed by atoms with E-state index in [4.69, 9.17) is 4.74 Å². The summed E-state index contributed by atoms with van der Waals surface area (Å²) in [6.07, 6.45) is 4.80. The van der Waals surface area contributed by atoms with Gasteiger partial charge < -0.3 is 4.74 Å². The van der Waals surface area contributed by atoms with Crippen molar-refractivity contribution in [1.82, 2.24) is 15.0 Å². The van der Waals surface area contributed by atoms with Crippen LogP contribution in [0.5, 0.6) is 0 Å². The number of carbonyl (C=O) groups excluding carboxylic acids is 2. The van der Waals surface area contributed by atoms with Crippen molar-refractivity contribution in [2.45, 2.75) is 6.42 Å². The topological polar surface area (TPSA) is 84.8 Å². The number of nitrogens with zero attached hydrogens (tertiary/aromatic N) is 4. The standard InChI is InChI=1S/C16H14N4O3/c21-15(11-23-16(22)14-10-17-7-8-18-14)20-9-6-13(19-20)12-4-2-1-3-5-12/h1-5,7-8,10H,6,9,11H2. The molecule has 2 aromatic rings. The molecule has 0 atom stereocenters. The lowest BCUT2D eigenvalue weighted by Crippen LogP contribution is -2.29. The lowest BCUT2D eigenvalue weighted by atomic mass is 10.1. The molecule has 1 amide bonds. The molecule has 116 valence electrons. The van der Waals surface area contributed by atoms with E-state index < -0.39 is 5.97 Å². The van der Waals surface area contributed by atoms with Crippen molar-refractivity contribution in [3.63, 3.8) is 0 Å². The van der Waals surface area contributed by atoms with Crippen LogP contribution in [0.1, 0.15) is 22.5 Å². The Bertz CT molecular complexity index is 732. The van der Waals surface area contributed by atoms with Crippen LogP contribution in [0.25, 0.3) is 0 Å². The van der Waals surface area contributed by atoms with Crippen LogP contribution in [-0.2, 0) is 9.53 Å². The summed E-state index contributed by atoms with van der Waals surface area (Å²) in [4.78, 5) is 31.4. The Hall–Kier alpha value is -3.09. The fourth-order valence-electron chi connectivity index (χ4n) is 2.15. The van der Waals surface area contributed by atoms with Crippen molar-refractivity contribution in [2.24, 2.45) is 5.10 Å². The zero-order chi connectivity index (χ0) is 16.1. The first-order chi connectivity index (χ1) is 11.2. The highest BCUT2D eigenvalue weighted by atomic mass is 16.5. The molecular weight excluding hydrogens is 296 g/mol. The number of carbonyl (C=O) groups is 2. The number of hydrogen-bond donors (Lipinski definition) is 0. The van der Waals surface area contributed by atoms with E-state index >= 15 is 0 Å². The van der Waals surface area contributed by atoms with Crippen molar-refractivity contribution in [3.8, 4) is 0 Å². The summed E-state index contributed by atoms with van der Waals surface area (Å²) in [7, 11) is 0. The largest absolute Gasteiger partial charge is 0.451 e. The average Bonchev–Trinajstić information content (AvgIpc) is 3.11. The number of esters is 1. The fourth-order valence-corrected chi connectivity index (χ4v) is 2.15. The minimum atomic E-state index is -0.682. The SMILES string of the molecule is O=C(OCC(=O)N1CCC(c2ccccc2)=N1)c1cnccn1. The maximum absolute atomic E-state index is 12.1. The molecule has 0 saturated heterocycles. The van der Waals surface area contributed by atoms with E-state index in [2.05, 4.69) is 15.1 Å². The Kier molecular flexibility index (Phi) is 4.37. The van der Waals surface area contributed by atoms with Gasteiger partial charge in [0.15, 0.2) is 12.3 Å². The number of amides is 1. The molecule has 0 fully saturated rings. The second kappa shape index (κ2) is 6.78. The summed E-state index contributed by atoms with van der Waals surface area (Å²) < 4.78 is 4.94. The van der Waals surface area contributed by atoms with Gasteiger partial charge in [0.2, 0.25) is 0 Å². The van der Waals surface area contributed by atoms with Gasteiger partial charge in [0.25, 0.3) is 5.91 Å². The number of hydrazone groups is 1. The molecule has 0 spiro atoms. The maximum Gasteiger partial charge on any atom is 0.359 e. The lowest BCUT2D eigenvalue weighted by molar-refractivity contribution is -0.134. The molecule has 0 radical (unpaired) electrons. The van der Waals surface area contributed by atoms with Crippen LogP contribution < -0.4 is 0 Å².